The summed E-state index contributed by atoms with van der Waals surface area (Å²) in [6.45, 7) is 2.03. The van der Waals surface area contributed by atoms with Gasteiger partial charge in [0.15, 0.2) is 0 Å². The lowest BCUT2D eigenvalue weighted by atomic mass is 10.1. The Balaban J connectivity index is 2.77. The zero-order valence-electron chi connectivity index (χ0n) is 7.55. The maximum atomic E-state index is 13.4. The highest BCUT2D eigenvalue weighted by Crippen LogP contribution is 2.19. The Labute approximate surface area is 77.0 Å². The SMILES string of the molecule is CCc1cc(F)c2ccccc2c1. The van der Waals surface area contributed by atoms with Gasteiger partial charge < -0.3 is 0 Å². The summed E-state index contributed by atoms with van der Waals surface area (Å²) in [5, 5.41) is 1.69. The monoisotopic (exact) mass is 174 g/mol. The zero-order valence-corrected chi connectivity index (χ0v) is 7.55. The highest BCUT2D eigenvalue weighted by molar-refractivity contribution is 5.83. The Morgan fingerprint density at radius 3 is 2.69 bits per heavy atom. The van der Waals surface area contributed by atoms with Crippen molar-refractivity contribution in [2.24, 2.45) is 0 Å². The van der Waals surface area contributed by atoms with E-state index >= 15 is 0 Å². The maximum absolute atomic E-state index is 13.4. The van der Waals surface area contributed by atoms with Crippen molar-refractivity contribution < 1.29 is 4.39 Å². The Kier molecular flexibility index (Phi) is 2.01. The standard InChI is InChI=1S/C12H11F/c1-2-9-7-10-5-3-4-6-11(10)12(13)8-9/h3-8H,2H2,1H3. The Bertz CT molecular complexity index is 432. The summed E-state index contributed by atoms with van der Waals surface area (Å²) in [7, 11) is 0. The molecule has 1 heteroatoms. The van der Waals surface area contributed by atoms with Crippen LogP contribution in [0.25, 0.3) is 10.8 Å². The molecule has 13 heavy (non-hydrogen) atoms. The lowest BCUT2D eigenvalue weighted by molar-refractivity contribution is 0.638. The van der Waals surface area contributed by atoms with Gasteiger partial charge in [-0.2, -0.15) is 0 Å². The van der Waals surface area contributed by atoms with E-state index in [2.05, 4.69) is 0 Å². The van der Waals surface area contributed by atoms with Crippen LogP contribution in [0.4, 0.5) is 4.39 Å². The molecule has 0 aliphatic heterocycles. The summed E-state index contributed by atoms with van der Waals surface area (Å²) in [4.78, 5) is 0. The minimum atomic E-state index is -0.116. The number of rotatable bonds is 1. The second-order valence-corrected chi connectivity index (χ2v) is 3.15. The predicted octanol–water partition coefficient (Wildman–Crippen LogP) is 3.54. The van der Waals surface area contributed by atoms with E-state index in [4.69, 9.17) is 0 Å². The van der Waals surface area contributed by atoms with Gasteiger partial charge in [0.05, 0.1) is 0 Å². The molecule has 2 aromatic rings. The van der Waals surface area contributed by atoms with Crippen LogP contribution < -0.4 is 0 Å². The molecule has 0 atom stereocenters. The van der Waals surface area contributed by atoms with Crippen molar-refractivity contribution in [1.29, 1.82) is 0 Å². The molecule has 0 N–H and O–H groups in total. The van der Waals surface area contributed by atoms with E-state index < -0.39 is 0 Å². The first kappa shape index (κ1) is 8.24. The summed E-state index contributed by atoms with van der Waals surface area (Å²) in [6, 6.07) is 11.2. The van der Waals surface area contributed by atoms with Gasteiger partial charge in [-0.15, -0.1) is 0 Å². The summed E-state index contributed by atoms with van der Waals surface area (Å²) in [5.74, 6) is -0.116. The molecule has 0 fully saturated rings. The minimum Gasteiger partial charge on any atom is -0.206 e. The van der Waals surface area contributed by atoms with E-state index in [1.165, 1.54) is 0 Å². The molecule has 0 spiro atoms. The Morgan fingerprint density at radius 1 is 1.15 bits per heavy atom. The van der Waals surface area contributed by atoms with E-state index in [0.717, 1.165) is 17.4 Å². The quantitative estimate of drug-likeness (QED) is 0.620. The first-order valence-corrected chi connectivity index (χ1v) is 4.48. The van der Waals surface area contributed by atoms with Gasteiger partial charge in [-0.1, -0.05) is 37.3 Å². The van der Waals surface area contributed by atoms with E-state index in [9.17, 15) is 4.39 Å². The van der Waals surface area contributed by atoms with Crippen molar-refractivity contribution in [1.82, 2.24) is 0 Å². The van der Waals surface area contributed by atoms with E-state index in [1.807, 2.05) is 37.3 Å². The highest BCUT2D eigenvalue weighted by Gasteiger charge is 2.00. The second kappa shape index (κ2) is 3.17. The average Bonchev–Trinajstić information content (AvgIpc) is 2.18. The normalized spacial score (nSPS) is 10.6. The van der Waals surface area contributed by atoms with Crippen molar-refractivity contribution in [2.75, 3.05) is 0 Å². The summed E-state index contributed by atoms with van der Waals surface area (Å²) < 4.78 is 13.4. The van der Waals surface area contributed by atoms with Crippen molar-refractivity contribution in [3.05, 3.63) is 47.8 Å². The number of fused-ring (bicyclic) bond motifs is 1. The first-order valence-electron chi connectivity index (χ1n) is 4.48. The van der Waals surface area contributed by atoms with Gasteiger partial charge in [-0.3, -0.25) is 0 Å². The fourth-order valence-corrected chi connectivity index (χ4v) is 1.53. The van der Waals surface area contributed by atoms with Gasteiger partial charge in [-0.25, -0.2) is 4.39 Å². The molecule has 0 amide bonds. The maximum Gasteiger partial charge on any atom is 0.131 e. The molecule has 0 saturated heterocycles. The van der Waals surface area contributed by atoms with Crippen LogP contribution in [-0.4, -0.2) is 0 Å². The molecule has 0 aliphatic carbocycles. The van der Waals surface area contributed by atoms with Crippen LogP contribution in [0.2, 0.25) is 0 Å². The van der Waals surface area contributed by atoms with Gasteiger partial charge in [0.25, 0.3) is 0 Å². The summed E-state index contributed by atoms with van der Waals surface area (Å²) >= 11 is 0. The Morgan fingerprint density at radius 2 is 1.92 bits per heavy atom. The molecule has 0 aromatic heterocycles. The fraction of sp³-hybridized carbons (Fsp3) is 0.167. The van der Waals surface area contributed by atoms with Crippen molar-refractivity contribution in [3.8, 4) is 0 Å². The average molecular weight is 174 g/mol. The van der Waals surface area contributed by atoms with E-state index in [0.29, 0.717) is 5.39 Å². The van der Waals surface area contributed by atoms with Crippen molar-refractivity contribution >= 4 is 10.8 Å². The summed E-state index contributed by atoms with van der Waals surface area (Å²) in [6.07, 6.45) is 0.877. The van der Waals surface area contributed by atoms with Gasteiger partial charge in [0, 0.05) is 5.39 Å². The minimum absolute atomic E-state index is 0.116. The number of hydrogen-bond acceptors (Lipinski definition) is 0. The largest absolute Gasteiger partial charge is 0.206 e. The Hall–Kier alpha value is -1.37. The lowest BCUT2D eigenvalue weighted by Crippen LogP contribution is -1.85. The molecule has 0 bridgehead atoms. The predicted molar refractivity (Wildman–Crippen MR) is 53.3 cm³/mol. The third-order valence-corrected chi connectivity index (χ3v) is 2.28. The molecule has 0 radical (unpaired) electrons. The molecular weight excluding hydrogens is 163 g/mol. The van der Waals surface area contributed by atoms with Crippen LogP contribution in [0.5, 0.6) is 0 Å². The molecular formula is C12H11F. The van der Waals surface area contributed by atoms with Gasteiger partial charge in [-0.05, 0) is 23.4 Å². The molecule has 0 heterocycles. The number of halogens is 1. The molecule has 0 aliphatic rings. The van der Waals surface area contributed by atoms with Gasteiger partial charge in [0.2, 0.25) is 0 Å². The van der Waals surface area contributed by atoms with E-state index in [-0.39, 0.29) is 5.82 Å². The number of hydrogen-bond donors (Lipinski definition) is 0. The molecule has 2 rings (SSSR count). The topological polar surface area (TPSA) is 0 Å². The van der Waals surface area contributed by atoms with Gasteiger partial charge >= 0.3 is 0 Å². The lowest BCUT2D eigenvalue weighted by Gasteiger charge is -2.02. The highest BCUT2D eigenvalue weighted by atomic mass is 19.1. The van der Waals surface area contributed by atoms with Crippen LogP contribution in [0.1, 0.15) is 12.5 Å². The van der Waals surface area contributed by atoms with Crippen molar-refractivity contribution in [2.45, 2.75) is 13.3 Å². The van der Waals surface area contributed by atoms with Crippen LogP contribution in [0.3, 0.4) is 0 Å². The van der Waals surface area contributed by atoms with Crippen LogP contribution in [-0.2, 0) is 6.42 Å². The third-order valence-electron chi connectivity index (χ3n) is 2.28. The molecule has 66 valence electrons. The summed E-state index contributed by atoms with van der Waals surface area (Å²) in [5.41, 5.74) is 1.05. The van der Waals surface area contributed by atoms with Crippen LogP contribution in [0, 0.1) is 5.82 Å². The molecule has 2 aromatic carbocycles. The van der Waals surface area contributed by atoms with Gasteiger partial charge in [0.1, 0.15) is 5.82 Å². The smallest absolute Gasteiger partial charge is 0.131 e. The van der Waals surface area contributed by atoms with Crippen LogP contribution >= 0.6 is 0 Å². The second-order valence-electron chi connectivity index (χ2n) is 3.15. The third kappa shape index (κ3) is 1.42. The zero-order chi connectivity index (χ0) is 9.26. The number of benzene rings is 2. The first-order chi connectivity index (χ1) is 6.31. The molecule has 0 unspecified atom stereocenters. The van der Waals surface area contributed by atoms with E-state index in [1.54, 1.807) is 6.07 Å². The van der Waals surface area contributed by atoms with Crippen LogP contribution in [0.15, 0.2) is 36.4 Å². The molecule has 0 saturated carbocycles. The molecule has 0 nitrogen and oxygen atoms in total. The number of aryl methyl sites for hydroxylation is 1. The van der Waals surface area contributed by atoms with Crippen molar-refractivity contribution in [3.63, 3.8) is 0 Å². The fourth-order valence-electron chi connectivity index (χ4n) is 1.53.